The van der Waals surface area contributed by atoms with E-state index in [1.165, 1.54) is 0 Å². The van der Waals surface area contributed by atoms with E-state index in [1.807, 2.05) is 0 Å². The van der Waals surface area contributed by atoms with Gasteiger partial charge in [-0.2, -0.15) is 0 Å². The molecule has 2 nitrogen and oxygen atoms in total. The summed E-state index contributed by atoms with van der Waals surface area (Å²) < 4.78 is 0. The SMILES string of the molecule is CCCCP(CO)CO. The van der Waals surface area contributed by atoms with Crippen LogP contribution in [0.5, 0.6) is 0 Å². The lowest BCUT2D eigenvalue weighted by atomic mass is 10.4. The standard InChI is InChI=1S/C6H15O2P/c1-2-3-4-9(5-7)6-8/h7-8H,2-6H2,1H3. The van der Waals surface area contributed by atoms with E-state index in [2.05, 4.69) is 6.92 Å². The average Bonchev–Trinajstić information content (AvgIpc) is 1.91. The summed E-state index contributed by atoms with van der Waals surface area (Å²) in [5.74, 6) is 0. The summed E-state index contributed by atoms with van der Waals surface area (Å²) in [6.07, 6.45) is 3.67. The normalized spacial score (nSPS) is 10.7. The average molecular weight is 150 g/mol. The molecule has 0 aromatic heterocycles. The van der Waals surface area contributed by atoms with Gasteiger partial charge in [0.1, 0.15) is 0 Å². The molecule has 0 radical (unpaired) electrons. The van der Waals surface area contributed by atoms with E-state index in [-0.39, 0.29) is 12.7 Å². The van der Waals surface area contributed by atoms with E-state index in [9.17, 15) is 0 Å². The molecule has 0 unspecified atom stereocenters. The number of unbranched alkanes of at least 4 members (excludes halogenated alkanes) is 1. The number of aliphatic hydroxyl groups is 2. The van der Waals surface area contributed by atoms with Gasteiger partial charge in [0.05, 0.1) is 12.7 Å². The van der Waals surface area contributed by atoms with Gasteiger partial charge in [0.2, 0.25) is 0 Å². The summed E-state index contributed by atoms with van der Waals surface area (Å²) in [6, 6.07) is 0. The predicted molar refractivity (Wildman–Crippen MR) is 40.9 cm³/mol. The lowest BCUT2D eigenvalue weighted by Gasteiger charge is -2.08. The van der Waals surface area contributed by atoms with E-state index in [4.69, 9.17) is 10.2 Å². The first kappa shape index (κ1) is 9.35. The minimum absolute atomic E-state index is 0.186. The maximum atomic E-state index is 8.62. The molecule has 0 saturated carbocycles. The van der Waals surface area contributed by atoms with Gasteiger partial charge in [-0.15, -0.1) is 0 Å². The molecule has 0 atom stereocenters. The van der Waals surface area contributed by atoms with Crippen molar-refractivity contribution in [1.82, 2.24) is 0 Å². The Labute approximate surface area is 57.7 Å². The van der Waals surface area contributed by atoms with Crippen LogP contribution in [0.15, 0.2) is 0 Å². The van der Waals surface area contributed by atoms with E-state index >= 15 is 0 Å². The van der Waals surface area contributed by atoms with Crippen LogP contribution in [0.4, 0.5) is 0 Å². The Morgan fingerprint density at radius 3 is 2.11 bits per heavy atom. The zero-order chi connectivity index (χ0) is 7.11. The van der Waals surface area contributed by atoms with Crippen molar-refractivity contribution in [2.24, 2.45) is 0 Å². The summed E-state index contributed by atoms with van der Waals surface area (Å²) in [5.41, 5.74) is 0. The van der Waals surface area contributed by atoms with Crippen molar-refractivity contribution in [3.05, 3.63) is 0 Å². The van der Waals surface area contributed by atoms with Crippen LogP contribution < -0.4 is 0 Å². The van der Waals surface area contributed by atoms with Crippen molar-refractivity contribution >= 4 is 7.92 Å². The fourth-order valence-corrected chi connectivity index (χ4v) is 1.70. The predicted octanol–water partition coefficient (Wildman–Crippen LogP) is 1.17. The fraction of sp³-hybridized carbons (Fsp3) is 1.00. The summed E-state index contributed by atoms with van der Waals surface area (Å²) in [5, 5.41) is 17.2. The van der Waals surface area contributed by atoms with Crippen molar-refractivity contribution in [2.75, 3.05) is 18.9 Å². The lowest BCUT2D eigenvalue weighted by Crippen LogP contribution is -1.92. The lowest BCUT2D eigenvalue weighted by molar-refractivity contribution is 0.343. The van der Waals surface area contributed by atoms with Crippen LogP contribution in [-0.4, -0.2) is 29.1 Å². The molecule has 0 rings (SSSR count). The van der Waals surface area contributed by atoms with E-state index in [0.29, 0.717) is 0 Å². The Morgan fingerprint density at radius 1 is 1.22 bits per heavy atom. The van der Waals surface area contributed by atoms with Gasteiger partial charge in [-0.05, 0) is 12.6 Å². The second-order valence-corrected chi connectivity index (χ2v) is 4.39. The molecule has 3 heteroatoms. The minimum Gasteiger partial charge on any atom is -0.392 e. The number of rotatable bonds is 5. The maximum absolute atomic E-state index is 8.62. The van der Waals surface area contributed by atoms with Crippen molar-refractivity contribution in [1.29, 1.82) is 0 Å². The van der Waals surface area contributed by atoms with Gasteiger partial charge in [-0.25, -0.2) is 0 Å². The molecule has 9 heavy (non-hydrogen) atoms. The molecule has 0 heterocycles. The van der Waals surface area contributed by atoms with Gasteiger partial charge < -0.3 is 10.2 Å². The molecule has 0 bridgehead atoms. The monoisotopic (exact) mass is 150 g/mol. The van der Waals surface area contributed by atoms with Crippen LogP contribution in [0.1, 0.15) is 19.8 Å². The molecule has 2 N–H and O–H groups in total. The largest absolute Gasteiger partial charge is 0.392 e. The van der Waals surface area contributed by atoms with E-state index < -0.39 is 7.92 Å². The third-order valence-electron chi connectivity index (χ3n) is 1.23. The van der Waals surface area contributed by atoms with Crippen LogP contribution in [-0.2, 0) is 0 Å². The molecule has 0 fully saturated rings. The molecular weight excluding hydrogens is 135 g/mol. The van der Waals surface area contributed by atoms with Crippen molar-refractivity contribution in [2.45, 2.75) is 19.8 Å². The highest BCUT2D eigenvalue weighted by molar-refractivity contribution is 7.57. The highest BCUT2D eigenvalue weighted by Crippen LogP contribution is 2.32. The Hall–Kier alpha value is 0.350. The van der Waals surface area contributed by atoms with Gasteiger partial charge in [0.15, 0.2) is 0 Å². The first-order chi connectivity index (χ1) is 4.35. The van der Waals surface area contributed by atoms with Crippen LogP contribution in [0.2, 0.25) is 0 Å². The quantitative estimate of drug-likeness (QED) is 0.577. The molecule has 0 saturated heterocycles. The van der Waals surface area contributed by atoms with Crippen LogP contribution >= 0.6 is 7.92 Å². The molecule has 0 aliphatic rings. The van der Waals surface area contributed by atoms with Crippen molar-refractivity contribution in [3.63, 3.8) is 0 Å². The molecule has 0 aromatic rings. The van der Waals surface area contributed by atoms with Crippen LogP contribution in [0.25, 0.3) is 0 Å². The Kier molecular flexibility index (Phi) is 6.72. The fourth-order valence-electron chi connectivity index (χ4n) is 0.568. The maximum Gasteiger partial charge on any atom is 0.0646 e. The zero-order valence-electron chi connectivity index (χ0n) is 5.88. The Bertz CT molecular complexity index is 55.0. The summed E-state index contributed by atoms with van der Waals surface area (Å²) in [4.78, 5) is 0. The summed E-state index contributed by atoms with van der Waals surface area (Å²) >= 11 is 0. The zero-order valence-corrected chi connectivity index (χ0v) is 6.77. The van der Waals surface area contributed by atoms with Gasteiger partial charge in [-0.1, -0.05) is 21.3 Å². The molecular formula is C6H15O2P. The molecule has 0 aromatic carbocycles. The Balaban J connectivity index is 3.09. The third kappa shape index (κ3) is 4.83. The van der Waals surface area contributed by atoms with Crippen molar-refractivity contribution in [3.8, 4) is 0 Å². The van der Waals surface area contributed by atoms with Gasteiger partial charge in [0, 0.05) is 0 Å². The molecule has 56 valence electrons. The second kappa shape index (κ2) is 6.47. The molecule has 0 spiro atoms. The van der Waals surface area contributed by atoms with Gasteiger partial charge in [0.25, 0.3) is 0 Å². The van der Waals surface area contributed by atoms with Crippen LogP contribution in [0.3, 0.4) is 0 Å². The van der Waals surface area contributed by atoms with Gasteiger partial charge >= 0.3 is 0 Å². The number of hydrogen-bond acceptors (Lipinski definition) is 2. The molecule has 0 amide bonds. The van der Waals surface area contributed by atoms with Crippen molar-refractivity contribution < 1.29 is 10.2 Å². The van der Waals surface area contributed by atoms with E-state index in [1.54, 1.807) is 0 Å². The molecule has 0 aliphatic heterocycles. The first-order valence-electron chi connectivity index (χ1n) is 3.29. The minimum atomic E-state index is -0.451. The summed E-state index contributed by atoms with van der Waals surface area (Å²) in [7, 11) is -0.451. The Morgan fingerprint density at radius 2 is 1.78 bits per heavy atom. The topological polar surface area (TPSA) is 40.5 Å². The smallest absolute Gasteiger partial charge is 0.0646 e. The number of hydrogen-bond donors (Lipinski definition) is 2. The molecule has 0 aliphatic carbocycles. The highest BCUT2D eigenvalue weighted by Gasteiger charge is 2.01. The second-order valence-electron chi connectivity index (χ2n) is 2.03. The number of aliphatic hydroxyl groups excluding tert-OH is 2. The summed E-state index contributed by atoms with van der Waals surface area (Å²) in [6.45, 7) is 2.11. The van der Waals surface area contributed by atoms with Gasteiger partial charge in [-0.3, -0.25) is 0 Å². The first-order valence-corrected chi connectivity index (χ1v) is 5.19. The van der Waals surface area contributed by atoms with E-state index in [0.717, 1.165) is 19.0 Å². The third-order valence-corrected chi connectivity index (χ3v) is 2.98. The highest BCUT2D eigenvalue weighted by atomic mass is 31.1. The van der Waals surface area contributed by atoms with Crippen LogP contribution in [0, 0.1) is 0 Å².